The third kappa shape index (κ3) is 2.36. The van der Waals surface area contributed by atoms with E-state index in [4.69, 9.17) is 18.9 Å². The maximum absolute atomic E-state index is 6.72. The molecule has 9 rings (SSSR count). The van der Waals surface area contributed by atoms with Crippen molar-refractivity contribution >= 4 is 46.8 Å². The van der Waals surface area contributed by atoms with E-state index in [0.717, 1.165) is 46.0 Å². The van der Waals surface area contributed by atoms with Gasteiger partial charge < -0.3 is 18.9 Å². The average Bonchev–Trinajstić information content (AvgIpc) is 2.93. The Labute approximate surface area is 221 Å². The van der Waals surface area contributed by atoms with Gasteiger partial charge >= 0.3 is 0 Å². The summed E-state index contributed by atoms with van der Waals surface area (Å²) in [6.45, 7) is 4.81. The van der Waals surface area contributed by atoms with E-state index >= 15 is 0 Å². The summed E-state index contributed by atoms with van der Waals surface area (Å²) in [6, 6.07) is 33.8. The van der Waals surface area contributed by atoms with Gasteiger partial charge in [0.05, 0.1) is 6.66 Å². The Bertz CT molecular complexity index is 1750. The molecule has 0 bridgehead atoms. The van der Waals surface area contributed by atoms with Gasteiger partial charge in [0.15, 0.2) is 41.7 Å². The molecule has 0 amide bonds. The molecule has 0 saturated carbocycles. The molecule has 0 spiro atoms. The van der Waals surface area contributed by atoms with Gasteiger partial charge in [-0.25, -0.2) is 0 Å². The fraction of sp³-hybridized carbons (Fsp3) is 0.0625. The third-order valence-corrected chi connectivity index (χ3v) is 17.1. The second kappa shape index (κ2) is 6.87. The first kappa shape index (κ1) is 20.9. The van der Waals surface area contributed by atoms with Crippen molar-refractivity contribution in [3.63, 3.8) is 0 Å². The largest absolute Gasteiger partial charge is 0.457 e. The molecule has 182 valence electrons. The quantitative estimate of drug-likeness (QED) is 0.206. The zero-order chi connectivity index (χ0) is 25.2. The average molecular weight is 530 g/mol. The van der Waals surface area contributed by atoms with Gasteiger partial charge in [-0.2, -0.15) is 0 Å². The highest BCUT2D eigenvalue weighted by molar-refractivity contribution is 7.96. The van der Waals surface area contributed by atoms with E-state index in [9.17, 15) is 0 Å². The standard InChI is InChI=1S/C32H22O4PSi/c1-37-27-15-5-3-9-19(27)33-21-11-7-12-22(31(21)37)35-25-18-30-26(17-28(25)37)36-24-14-8-13-23-32(24)38(30,2)29-16-6-4-10-20(29)34-23/h3-18H,1-2H3/q+1. The zero-order valence-corrected chi connectivity index (χ0v) is 22.7. The monoisotopic (exact) mass is 529 g/mol. The molecular formula is C32H22O4PSi+. The van der Waals surface area contributed by atoms with E-state index < -0.39 is 15.3 Å². The minimum Gasteiger partial charge on any atom is -0.457 e. The number of hydrogen-bond acceptors (Lipinski definition) is 4. The van der Waals surface area contributed by atoms with Gasteiger partial charge in [-0.05, 0) is 58.9 Å². The van der Waals surface area contributed by atoms with E-state index in [-0.39, 0.29) is 0 Å². The topological polar surface area (TPSA) is 36.9 Å². The summed E-state index contributed by atoms with van der Waals surface area (Å²) < 4.78 is 26.2. The van der Waals surface area contributed by atoms with Gasteiger partial charge in [0, 0.05) is 11.3 Å². The van der Waals surface area contributed by atoms with Crippen LogP contribution in [0.3, 0.4) is 0 Å². The Morgan fingerprint density at radius 2 is 1.08 bits per heavy atom. The molecule has 6 heteroatoms. The molecule has 4 aliphatic rings. The second-order valence-corrected chi connectivity index (χ2v) is 17.8. The van der Waals surface area contributed by atoms with Crippen LogP contribution in [-0.4, -0.2) is 14.7 Å². The normalized spacial score (nSPS) is 21.9. The molecule has 5 aromatic carbocycles. The van der Waals surface area contributed by atoms with Crippen molar-refractivity contribution in [3.05, 3.63) is 97.1 Å². The SMILES string of the molecule is C[Si]12c3ccccc3Oc3cccc(c31)Oc1cc3c(cc12)Oc1cccc2c1[P+]3(C)c1ccccc1O2. The van der Waals surface area contributed by atoms with E-state index in [1.165, 1.54) is 31.5 Å². The maximum atomic E-state index is 6.72. The summed E-state index contributed by atoms with van der Waals surface area (Å²) in [5.41, 5.74) is 0. The lowest BCUT2D eigenvalue weighted by Gasteiger charge is -2.42. The summed E-state index contributed by atoms with van der Waals surface area (Å²) in [7, 11) is -4.50. The Morgan fingerprint density at radius 1 is 0.500 bits per heavy atom. The molecule has 0 N–H and O–H groups in total. The number of benzene rings is 5. The van der Waals surface area contributed by atoms with E-state index in [1.807, 2.05) is 24.3 Å². The first-order chi connectivity index (χ1) is 18.6. The summed E-state index contributed by atoms with van der Waals surface area (Å²) in [4.78, 5) is 0. The van der Waals surface area contributed by atoms with Crippen LogP contribution in [0.2, 0.25) is 6.55 Å². The molecule has 2 unspecified atom stereocenters. The molecule has 2 atom stereocenters. The molecule has 38 heavy (non-hydrogen) atoms. The third-order valence-electron chi connectivity index (χ3n) is 8.63. The van der Waals surface area contributed by atoms with Crippen LogP contribution in [0.5, 0.6) is 46.0 Å². The first-order valence-electron chi connectivity index (χ1n) is 12.8. The van der Waals surface area contributed by atoms with Crippen LogP contribution in [0, 0.1) is 0 Å². The lowest BCUT2D eigenvalue weighted by molar-refractivity contribution is 0.457. The summed E-state index contributed by atoms with van der Waals surface area (Å²) in [6.07, 6.45) is 0. The van der Waals surface area contributed by atoms with Crippen LogP contribution in [0.1, 0.15) is 0 Å². The van der Waals surface area contributed by atoms with Gasteiger partial charge in [-0.15, -0.1) is 0 Å². The number of hydrogen-bond donors (Lipinski definition) is 0. The molecule has 0 saturated heterocycles. The van der Waals surface area contributed by atoms with Gasteiger partial charge in [0.25, 0.3) is 0 Å². The van der Waals surface area contributed by atoms with Crippen LogP contribution < -0.4 is 50.4 Å². The van der Waals surface area contributed by atoms with Gasteiger partial charge in [-0.1, -0.05) is 49.0 Å². The fourth-order valence-electron chi connectivity index (χ4n) is 6.88. The lowest BCUT2D eigenvalue weighted by Crippen LogP contribution is -2.68. The van der Waals surface area contributed by atoms with Crippen molar-refractivity contribution in [1.29, 1.82) is 0 Å². The van der Waals surface area contributed by atoms with Crippen LogP contribution >= 0.6 is 7.26 Å². The number of ether oxygens (including phenoxy) is 4. The molecule has 4 heterocycles. The van der Waals surface area contributed by atoms with E-state index in [0.29, 0.717) is 0 Å². The van der Waals surface area contributed by atoms with Crippen molar-refractivity contribution in [3.8, 4) is 46.0 Å². The highest BCUT2D eigenvalue weighted by Crippen LogP contribution is 2.64. The molecule has 0 fully saturated rings. The zero-order valence-electron chi connectivity index (χ0n) is 20.8. The Hall–Kier alpha value is -4.05. The Morgan fingerprint density at radius 3 is 1.87 bits per heavy atom. The van der Waals surface area contributed by atoms with Crippen LogP contribution in [-0.2, 0) is 0 Å². The number of rotatable bonds is 0. The highest BCUT2D eigenvalue weighted by Gasteiger charge is 2.57. The highest BCUT2D eigenvalue weighted by atomic mass is 31.2. The molecule has 5 aromatic rings. The molecule has 4 aliphatic heterocycles. The summed E-state index contributed by atoms with van der Waals surface area (Å²) >= 11 is 0. The molecule has 0 radical (unpaired) electrons. The van der Waals surface area contributed by atoms with Crippen LogP contribution in [0.25, 0.3) is 0 Å². The second-order valence-electron chi connectivity index (χ2n) is 10.6. The minimum absolute atomic E-state index is 0.885. The van der Waals surface area contributed by atoms with Crippen molar-refractivity contribution in [2.75, 3.05) is 6.66 Å². The molecule has 0 aliphatic carbocycles. The Balaban J connectivity index is 1.36. The molecule has 4 nitrogen and oxygen atoms in total. The van der Waals surface area contributed by atoms with E-state index in [2.05, 4.69) is 86.0 Å². The smallest absolute Gasteiger partial charge is 0.189 e. The Kier molecular flexibility index (Phi) is 3.79. The molecular weight excluding hydrogens is 507 g/mol. The van der Waals surface area contributed by atoms with Gasteiger partial charge in [0.2, 0.25) is 0 Å². The van der Waals surface area contributed by atoms with Gasteiger partial charge in [0.1, 0.15) is 35.6 Å². The van der Waals surface area contributed by atoms with Crippen molar-refractivity contribution in [2.24, 2.45) is 0 Å². The number of para-hydroxylation sites is 2. The maximum Gasteiger partial charge on any atom is 0.189 e. The summed E-state index contributed by atoms with van der Waals surface area (Å²) in [5.74, 6) is 7.27. The first-order valence-corrected chi connectivity index (χ1v) is 17.5. The predicted octanol–water partition coefficient (Wildman–Crippen LogP) is 5.13. The fourth-order valence-corrected chi connectivity index (χ4v) is 14.8. The minimum atomic E-state index is -2.45. The summed E-state index contributed by atoms with van der Waals surface area (Å²) in [5, 5.41) is 7.29. The van der Waals surface area contributed by atoms with Crippen LogP contribution in [0.15, 0.2) is 97.1 Å². The predicted molar refractivity (Wildman–Crippen MR) is 155 cm³/mol. The van der Waals surface area contributed by atoms with Gasteiger partial charge in [-0.3, -0.25) is 0 Å². The van der Waals surface area contributed by atoms with E-state index in [1.54, 1.807) is 0 Å². The van der Waals surface area contributed by atoms with Crippen molar-refractivity contribution in [1.82, 2.24) is 0 Å². The van der Waals surface area contributed by atoms with Crippen LogP contribution in [0.4, 0.5) is 0 Å². The van der Waals surface area contributed by atoms with Crippen molar-refractivity contribution in [2.45, 2.75) is 6.55 Å². The van der Waals surface area contributed by atoms with Crippen molar-refractivity contribution < 1.29 is 18.9 Å². The lowest BCUT2D eigenvalue weighted by atomic mass is 10.2. The number of fused-ring (bicyclic) bond motifs is 8. The molecule has 0 aromatic heterocycles.